The number of carbonyl (C=O) groups is 1. The van der Waals surface area contributed by atoms with Crippen molar-refractivity contribution in [3.63, 3.8) is 0 Å². The van der Waals surface area contributed by atoms with Gasteiger partial charge in [0.25, 0.3) is 5.56 Å². The lowest BCUT2D eigenvalue weighted by Crippen LogP contribution is -2.40. The van der Waals surface area contributed by atoms with E-state index >= 15 is 0 Å². The van der Waals surface area contributed by atoms with Crippen LogP contribution in [0.4, 0.5) is 0 Å². The Morgan fingerprint density at radius 2 is 1.70 bits per heavy atom. The van der Waals surface area contributed by atoms with Gasteiger partial charge in [0.05, 0.1) is 17.4 Å². The first-order chi connectivity index (χ1) is 14.4. The number of fused-ring (bicyclic) bond motifs is 1. The van der Waals surface area contributed by atoms with E-state index in [2.05, 4.69) is 5.32 Å². The molecule has 7 heteroatoms. The SMILES string of the molecule is CC(C)NC(=O)CCCCn1c(=O)c2ccccc2n(Cc2ccc(Cl)cc2)c1=O. The van der Waals surface area contributed by atoms with Gasteiger partial charge in [-0.2, -0.15) is 0 Å². The summed E-state index contributed by atoms with van der Waals surface area (Å²) in [5.41, 5.74) is 0.882. The second-order valence-corrected chi connectivity index (χ2v) is 8.08. The van der Waals surface area contributed by atoms with Crippen molar-refractivity contribution >= 4 is 28.4 Å². The molecule has 1 heterocycles. The summed E-state index contributed by atoms with van der Waals surface area (Å²) >= 11 is 5.97. The van der Waals surface area contributed by atoms with Crippen molar-refractivity contribution in [2.45, 2.75) is 52.2 Å². The molecule has 158 valence electrons. The summed E-state index contributed by atoms with van der Waals surface area (Å²) in [5, 5.41) is 3.98. The zero-order chi connectivity index (χ0) is 21.7. The third kappa shape index (κ3) is 5.19. The first kappa shape index (κ1) is 21.8. The Hall–Kier alpha value is -2.86. The summed E-state index contributed by atoms with van der Waals surface area (Å²) in [5.74, 6) is -0.0176. The average Bonchev–Trinajstić information content (AvgIpc) is 2.71. The number of hydrogen-bond donors (Lipinski definition) is 1. The minimum atomic E-state index is -0.347. The minimum Gasteiger partial charge on any atom is -0.354 e. The van der Waals surface area contributed by atoms with E-state index in [0.717, 1.165) is 5.56 Å². The van der Waals surface area contributed by atoms with Crippen LogP contribution in [0, 0.1) is 0 Å². The predicted octanol–water partition coefficient (Wildman–Crippen LogP) is 3.56. The molecule has 1 aromatic heterocycles. The van der Waals surface area contributed by atoms with Gasteiger partial charge < -0.3 is 5.32 Å². The molecule has 0 saturated carbocycles. The molecule has 0 saturated heterocycles. The number of nitrogens with one attached hydrogen (secondary N) is 1. The van der Waals surface area contributed by atoms with Gasteiger partial charge in [0.2, 0.25) is 5.91 Å². The summed E-state index contributed by atoms with van der Waals surface area (Å²) < 4.78 is 2.89. The molecule has 0 radical (unpaired) electrons. The Labute approximate surface area is 180 Å². The summed E-state index contributed by atoms with van der Waals surface area (Å²) in [6, 6.07) is 14.5. The molecular formula is C23H26ClN3O3. The van der Waals surface area contributed by atoms with Gasteiger partial charge in [-0.05, 0) is 56.5 Å². The largest absolute Gasteiger partial charge is 0.354 e. The third-order valence-corrected chi connectivity index (χ3v) is 5.12. The predicted molar refractivity (Wildman–Crippen MR) is 120 cm³/mol. The molecule has 6 nitrogen and oxygen atoms in total. The van der Waals surface area contributed by atoms with Crippen LogP contribution in [0.2, 0.25) is 5.02 Å². The van der Waals surface area contributed by atoms with Crippen molar-refractivity contribution in [1.82, 2.24) is 14.5 Å². The minimum absolute atomic E-state index is 0.0176. The van der Waals surface area contributed by atoms with Crippen molar-refractivity contribution in [3.8, 4) is 0 Å². The van der Waals surface area contributed by atoms with Gasteiger partial charge in [0.15, 0.2) is 0 Å². The fourth-order valence-electron chi connectivity index (χ4n) is 3.44. The van der Waals surface area contributed by atoms with Crippen molar-refractivity contribution < 1.29 is 4.79 Å². The van der Waals surface area contributed by atoms with Crippen LogP contribution >= 0.6 is 11.6 Å². The van der Waals surface area contributed by atoms with Crippen LogP contribution in [0.3, 0.4) is 0 Å². The number of amides is 1. The van der Waals surface area contributed by atoms with E-state index in [9.17, 15) is 14.4 Å². The van der Waals surface area contributed by atoms with Gasteiger partial charge in [-0.15, -0.1) is 0 Å². The van der Waals surface area contributed by atoms with Crippen LogP contribution in [-0.2, 0) is 17.9 Å². The van der Waals surface area contributed by atoms with E-state index < -0.39 is 0 Å². The summed E-state index contributed by atoms with van der Waals surface area (Å²) in [4.78, 5) is 37.9. The van der Waals surface area contributed by atoms with Crippen molar-refractivity contribution in [3.05, 3.63) is 80.0 Å². The molecule has 3 rings (SSSR count). The molecule has 1 N–H and O–H groups in total. The summed E-state index contributed by atoms with van der Waals surface area (Å²) in [6.45, 7) is 4.44. The van der Waals surface area contributed by atoms with Crippen LogP contribution in [0.5, 0.6) is 0 Å². The zero-order valence-corrected chi connectivity index (χ0v) is 18.0. The maximum atomic E-state index is 13.2. The topological polar surface area (TPSA) is 73.1 Å². The van der Waals surface area contributed by atoms with Crippen molar-refractivity contribution in [2.75, 3.05) is 0 Å². The summed E-state index contributed by atoms with van der Waals surface area (Å²) in [7, 11) is 0. The maximum absolute atomic E-state index is 13.2. The molecule has 0 aliphatic carbocycles. The first-order valence-electron chi connectivity index (χ1n) is 10.1. The number of halogens is 1. The first-order valence-corrected chi connectivity index (χ1v) is 10.5. The van der Waals surface area contributed by atoms with E-state index in [1.807, 2.05) is 32.0 Å². The molecule has 2 aromatic carbocycles. The van der Waals surface area contributed by atoms with Gasteiger partial charge in [0, 0.05) is 24.0 Å². The highest BCUT2D eigenvalue weighted by molar-refractivity contribution is 6.30. The Kier molecular flexibility index (Phi) is 7.11. The quantitative estimate of drug-likeness (QED) is 0.558. The van der Waals surface area contributed by atoms with Crippen LogP contribution in [-0.4, -0.2) is 21.1 Å². The van der Waals surface area contributed by atoms with E-state index in [4.69, 9.17) is 11.6 Å². The van der Waals surface area contributed by atoms with Gasteiger partial charge in [-0.25, -0.2) is 4.79 Å². The Morgan fingerprint density at radius 3 is 2.40 bits per heavy atom. The molecule has 0 fully saturated rings. The van der Waals surface area contributed by atoms with E-state index in [1.54, 1.807) is 34.9 Å². The highest BCUT2D eigenvalue weighted by atomic mass is 35.5. The highest BCUT2D eigenvalue weighted by Gasteiger charge is 2.13. The lowest BCUT2D eigenvalue weighted by molar-refractivity contribution is -0.121. The number of carbonyl (C=O) groups excluding carboxylic acids is 1. The van der Waals surface area contributed by atoms with E-state index in [-0.39, 0.29) is 29.7 Å². The van der Waals surface area contributed by atoms with E-state index in [1.165, 1.54) is 4.57 Å². The Balaban J connectivity index is 1.87. The monoisotopic (exact) mass is 427 g/mol. The fourth-order valence-corrected chi connectivity index (χ4v) is 3.57. The number of benzene rings is 2. The molecule has 0 atom stereocenters. The molecule has 1 amide bonds. The maximum Gasteiger partial charge on any atom is 0.331 e. The number of para-hydroxylation sites is 1. The number of nitrogens with zero attached hydrogens (tertiary/aromatic N) is 2. The summed E-state index contributed by atoms with van der Waals surface area (Å²) in [6.07, 6.45) is 1.55. The normalized spacial score (nSPS) is 11.2. The van der Waals surface area contributed by atoms with Crippen LogP contribution in [0.1, 0.15) is 38.7 Å². The lowest BCUT2D eigenvalue weighted by Gasteiger charge is -2.14. The van der Waals surface area contributed by atoms with Gasteiger partial charge >= 0.3 is 5.69 Å². The fraction of sp³-hybridized carbons (Fsp3) is 0.348. The smallest absolute Gasteiger partial charge is 0.331 e. The number of aromatic nitrogens is 2. The Morgan fingerprint density at radius 1 is 1.00 bits per heavy atom. The highest BCUT2D eigenvalue weighted by Crippen LogP contribution is 2.13. The lowest BCUT2D eigenvalue weighted by atomic mass is 10.2. The van der Waals surface area contributed by atoms with Gasteiger partial charge in [0.1, 0.15) is 0 Å². The van der Waals surface area contributed by atoms with Crippen LogP contribution < -0.4 is 16.6 Å². The number of rotatable bonds is 8. The second kappa shape index (κ2) is 9.76. The second-order valence-electron chi connectivity index (χ2n) is 7.65. The average molecular weight is 428 g/mol. The van der Waals surface area contributed by atoms with Crippen LogP contribution in [0.25, 0.3) is 10.9 Å². The Bertz CT molecular complexity index is 1150. The molecule has 0 spiro atoms. The van der Waals surface area contributed by atoms with Crippen LogP contribution in [0.15, 0.2) is 58.1 Å². The molecule has 0 aliphatic rings. The van der Waals surface area contributed by atoms with E-state index in [0.29, 0.717) is 41.7 Å². The molecule has 0 unspecified atom stereocenters. The number of unbranched alkanes of at least 4 members (excludes halogenated alkanes) is 1. The third-order valence-electron chi connectivity index (χ3n) is 4.87. The molecular weight excluding hydrogens is 402 g/mol. The molecule has 0 bridgehead atoms. The standard InChI is InChI=1S/C23H26ClN3O3/c1-16(2)25-21(28)9-5-6-14-26-22(29)19-7-3-4-8-20(19)27(23(26)30)15-17-10-12-18(24)13-11-17/h3-4,7-8,10-13,16H,5-6,9,14-15H2,1-2H3,(H,25,28). The van der Waals surface area contributed by atoms with Crippen molar-refractivity contribution in [1.29, 1.82) is 0 Å². The molecule has 30 heavy (non-hydrogen) atoms. The van der Waals surface area contributed by atoms with Crippen molar-refractivity contribution in [2.24, 2.45) is 0 Å². The number of hydrogen-bond acceptors (Lipinski definition) is 3. The molecule has 3 aromatic rings. The van der Waals surface area contributed by atoms with Gasteiger partial charge in [-0.1, -0.05) is 35.9 Å². The zero-order valence-electron chi connectivity index (χ0n) is 17.2. The molecule has 0 aliphatic heterocycles. The van der Waals surface area contributed by atoms with Gasteiger partial charge in [-0.3, -0.25) is 18.7 Å².